The molecule has 0 saturated heterocycles. The van der Waals surface area contributed by atoms with Crippen molar-refractivity contribution in [2.24, 2.45) is 5.92 Å². The summed E-state index contributed by atoms with van der Waals surface area (Å²) in [7, 11) is 0. The van der Waals surface area contributed by atoms with Gasteiger partial charge in [-0.25, -0.2) is 4.79 Å². The minimum absolute atomic E-state index is 0.0198. The van der Waals surface area contributed by atoms with Crippen LogP contribution in [0.4, 0.5) is 0 Å². The lowest BCUT2D eigenvalue weighted by Gasteiger charge is -2.16. The maximum atomic E-state index is 11.7. The van der Waals surface area contributed by atoms with Crippen LogP contribution in [-0.4, -0.2) is 17.0 Å². The fourth-order valence-corrected chi connectivity index (χ4v) is 2.15. The highest BCUT2D eigenvalue weighted by Crippen LogP contribution is 2.21. The van der Waals surface area contributed by atoms with E-state index < -0.39 is 5.97 Å². The van der Waals surface area contributed by atoms with E-state index >= 15 is 0 Å². The SMILES string of the molecule is O=C(CC1CC=CCC1)NCc1ccc(C(=O)O)o1. The normalized spacial score (nSPS) is 18.2. The van der Waals surface area contributed by atoms with Crippen LogP contribution in [0.5, 0.6) is 0 Å². The number of carbonyl (C=O) groups excluding carboxylic acids is 1. The maximum absolute atomic E-state index is 11.7. The van der Waals surface area contributed by atoms with Crippen LogP contribution in [-0.2, 0) is 11.3 Å². The molecule has 19 heavy (non-hydrogen) atoms. The summed E-state index contributed by atoms with van der Waals surface area (Å²) in [5.41, 5.74) is 0. The van der Waals surface area contributed by atoms with Gasteiger partial charge in [0.2, 0.25) is 11.7 Å². The smallest absolute Gasteiger partial charge is 0.371 e. The van der Waals surface area contributed by atoms with Crippen LogP contribution in [0.25, 0.3) is 0 Å². The number of aromatic carboxylic acids is 1. The van der Waals surface area contributed by atoms with Gasteiger partial charge < -0.3 is 14.8 Å². The average Bonchev–Trinajstić information content (AvgIpc) is 2.86. The summed E-state index contributed by atoms with van der Waals surface area (Å²) in [5, 5.41) is 11.5. The number of carbonyl (C=O) groups is 2. The Balaban J connectivity index is 1.76. The van der Waals surface area contributed by atoms with Crippen LogP contribution in [0.15, 0.2) is 28.7 Å². The second-order valence-electron chi connectivity index (χ2n) is 4.70. The molecule has 2 N–H and O–H groups in total. The van der Waals surface area contributed by atoms with E-state index in [-0.39, 0.29) is 18.2 Å². The molecule has 0 bridgehead atoms. The molecule has 1 aromatic heterocycles. The van der Waals surface area contributed by atoms with Gasteiger partial charge >= 0.3 is 5.97 Å². The molecule has 0 spiro atoms. The van der Waals surface area contributed by atoms with E-state index in [1.807, 2.05) is 0 Å². The first-order valence-corrected chi connectivity index (χ1v) is 6.39. The van der Waals surface area contributed by atoms with E-state index in [4.69, 9.17) is 9.52 Å². The van der Waals surface area contributed by atoms with Crippen molar-refractivity contribution in [2.45, 2.75) is 32.2 Å². The summed E-state index contributed by atoms with van der Waals surface area (Å²) in [4.78, 5) is 22.4. The molecule has 1 aromatic rings. The number of furan rings is 1. The molecule has 1 aliphatic rings. The highest BCUT2D eigenvalue weighted by Gasteiger charge is 2.15. The topological polar surface area (TPSA) is 79.5 Å². The summed E-state index contributed by atoms with van der Waals surface area (Å²) in [5.74, 6) is -0.368. The number of hydrogen-bond donors (Lipinski definition) is 2. The third-order valence-corrected chi connectivity index (χ3v) is 3.18. The van der Waals surface area contributed by atoms with Crippen molar-refractivity contribution in [3.63, 3.8) is 0 Å². The zero-order chi connectivity index (χ0) is 13.7. The fourth-order valence-electron chi connectivity index (χ4n) is 2.15. The molecule has 1 amide bonds. The predicted octanol–water partition coefficient (Wildman–Crippen LogP) is 2.34. The Hall–Kier alpha value is -2.04. The summed E-state index contributed by atoms with van der Waals surface area (Å²) in [6.07, 6.45) is 7.82. The molecular weight excluding hydrogens is 246 g/mol. The first-order valence-electron chi connectivity index (χ1n) is 6.39. The average molecular weight is 263 g/mol. The Labute approximate surface area is 111 Å². The van der Waals surface area contributed by atoms with E-state index in [0.29, 0.717) is 18.1 Å². The number of rotatable bonds is 5. The van der Waals surface area contributed by atoms with Gasteiger partial charge in [0.15, 0.2) is 0 Å². The summed E-state index contributed by atoms with van der Waals surface area (Å²) >= 11 is 0. The minimum Gasteiger partial charge on any atom is -0.475 e. The third-order valence-electron chi connectivity index (χ3n) is 3.18. The molecule has 0 radical (unpaired) electrons. The van der Waals surface area contributed by atoms with Gasteiger partial charge in [-0.3, -0.25) is 4.79 Å². The Kier molecular flexibility index (Phi) is 4.39. The van der Waals surface area contributed by atoms with Crippen molar-refractivity contribution in [2.75, 3.05) is 0 Å². The standard InChI is InChI=1S/C14H17NO4/c16-13(8-10-4-2-1-3-5-10)15-9-11-6-7-12(19-11)14(17)18/h1-2,6-7,10H,3-5,8-9H2,(H,15,16)(H,17,18). The van der Waals surface area contributed by atoms with Crippen molar-refractivity contribution in [3.8, 4) is 0 Å². The van der Waals surface area contributed by atoms with Gasteiger partial charge in [-0.05, 0) is 37.3 Å². The first kappa shape index (κ1) is 13.4. The van der Waals surface area contributed by atoms with Gasteiger partial charge in [-0.1, -0.05) is 12.2 Å². The molecule has 0 saturated carbocycles. The van der Waals surface area contributed by atoms with Gasteiger partial charge in [-0.2, -0.15) is 0 Å². The fraction of sp³-hybridized carbons (Fsp3) is 0.429. The molecule has 0 aliphatic heterocycles. The van der Waals surface area contributed by atoms with Crippen molar-refractivity contribution in [1.82, 2.24) is 5.32 Å². The number of amides is 1. The second kappa shape index (κ2) is 6.22. The Morgan fingerprint density at radius 1 is 1.37 bits per heavy atom. The molecule has 5 nitrogen and oxygen atoms in total. The Bertz CT molecular complexity index is 489. The highest BCUT2D eigenvalue weighted by atomic mass is 16.4. The first-order chi connectivity index (χ1) is 9.15. The molecule has 1 aliphatic carbocycles. The van der Waals surface area contributed by atoms with Crippen LogP contribution < -0.4 is 5.32 Å². The largest absolute Gasteiger partial charge is 0.475 e. The van der Waals surface area contributed by atoms with Crippen LogP contribution in [0.2, 0.25) is 0 Å². The number of nitrogens with one attached hydrogen (secondary N) is 1. The quantitative estimate of drug-likeness (QED) is 0.799. The van der Waals surface area contributed by atoms with E-state index in [0.717, 1.165) is 19.3 Å². The third kappa shape index (κ3) is 3.98. The van der Waals surface area contributed by atoms with Crippen molar-refractivity contribution < 1.29 is 19.1 Å². The van der Waals surface area contributed by atoms with Crippen molar-refractivity contribution in [3.05, 3.63) is 35.8 Å². The van der Waals surface area contributed by atoms with Gasteiger partial charge in [-0.15, -0.1) is 0 Å². The maximum Gasteiger partial charge on any atom is 0.371 e. The predicted molar refractivity (Wildman–Crippen MR) is 68.6 cm³/mol. The number of carboxylic acid groups (broad SMARTS) is 1. The molecule has 1 atom stereocenters. The van der Waals surface area contributed by atoms with Crippen LogP contribution >= 0.6 is 0 Å². The zero-order valence-electron chi connectivity index (χ0n) is 10.6. The lowest BCUT2D eigenvalue weighted by molar-refractivity contribution is -0.122. The highest BCUT2D eigenvalue weighted by molar-refractivity contribution is 5.84. The molecule has 1 heterocycles. The Morgan fingerprint density at radius 3 is 2.84 bits per heavy atom. The number of allylic oxidation sites excluding steroid dienone is 2. The number of carboxylic acids is 1. The van der Waals surface area contributed by atoms with E-state index in [9.17, 15) is 9.59 Å². The lowest BCUT2D eigenvalue weighted by Crippen LogP contribution is -2.25. The minimum atomic E-state index is -1.11. The molecule has 102 valence electrons. The summed E-state index contributed by atoms with van der Waals surface area (Å²) in [6, 6.07) is 2.95. The molecule has 2 rings (SSSR count). The van der Waals surface area contributed by atoms with Gasteiger partial charge in [0.05, 0.1) is 6.54 Å². The van der Waals surface area contributed by atoms with E-state index in [1.165, 1.54) is 6.07 Å². The summed E-state index contributed by atoms with van der Waals surface area (Å²) in [6.45, 7) is 0.231. The van der Waals surface area contributed by atoms with Gasteiger partial charge in [0, 0.05) is 6.42 Å². The van der Waals surface area contributed by atoms with E-state index in [1.54, 1.807) is 6.07 Å². The van der Waals surface area contributed by atoms with Crippen LogP contribution in [0.3, 0.4) is 0 Å². The molecule has 5 heteroatoms. The summed E-state index contributed by atoms with van der Waals surface area (Å²) < 4.78 is 5.06. The second-order valence-corrected chi connectivity index (χ2v) is 4.70. The van der Waals surface area contributed by atoms with Crippen LogP contribution in [0, 0.1) is 5.92 Å². The molecular formula is C14H17NO4. The zero-order valence-corrected chi connectivity index (χ0v) is 10.6. The Morgan fingerprint density at radius 2 is 2.21 bits per heavy atom. The molecule has 1 unspecified atom stereocenters. The van der Waals surface area contributed by atoms with E-state index in [2.05, 4.69) is 17.5 Å². The van der Waals surface area contributed by atoms with Gasteiger partial charge in [0.1, 0.15) is 5.76 Å². The van der Waals surface area contributed by atoms with Crippen molar-refractivity contribution >= 4 is 11.9 Å². The van der Waals surface area contributed by atoms with Crippen LogP contribution in [0.1, 0.15) is 42.0 Å². The number of hydrogen-bond acceptors (Lipinski definition) is 3. The van der Waals surface area contributed by atoms with Crippen molar-refractivity contribution in [1.29, 1.82) is 0 Å². The molecule has 0 aromatic carbocycles. The lowest BCUT2D eigenvalue weighted by atomic mass is 9.91. The molecule has 0 fully saturated rings. The monoisotopic (exact) mass is 263 g/mol. The van der Waals surface area contributed by atoms with Gasteiger partial charge in [0.25, 0.3) is 0 Å².